The molecule has 29 heavy (non-hydrogen) atoms. The molecule has 0 N–H and O–H groups in total. The van der Waals surface area contributed by atoms with Gasteiger partial charge >= 0.3 is 0 Å². The highest BCUT2D eigenvalue weighted by Gasteiger charge is 2.24. The second-order valence-corrected chi connectivity index (χ2v) is 8.12. The zero-order chi connectivity index (χ0) is 20.1. The van der Waals surface area contributed by atoms with Gasteiger partial charge in [0, 0.05) is 37.4 Å². The number of hydrogen-bond donors (Lipinski definition) is 0. The lowest BCUT2D eigenvalue weighted by Crippen LogP contribution is -2.42. The van der Waals surface area contributed by atoms with Crippen LogP contribution in [0.25, 0.3) is 0 Å². The number of rotatable bonds is 7. The number of nitrogens with zero attached hydrogens (tertiary/aromatic N) is 2. The van der Waals surface area contributed by atoms with Crippen molar-refractivity contribution in [1.29, 1.82) is 0 Å². The summed E-state index contributed by atoms with van der Waals surface area (Å²) in [6.07, 6.45) is 5.75. The van der Waals surface area contributed by atoms with Crippen molar-refractivity contribution >= 4 is 5.69 Å². The molecule has 2 aromatic rings. The summed E-state index contributed by atoms with van der Waals surface area (Å²) in [6.45, 7) is 3.85. The molecule has 0 bridgehead atoms. The minimum absolute atomic E-state index is 0.0129. The van der Waals surface area contributed by atoms with Gasteiger partial charge in [0.2, 0.25) is 0 Å². The smallest absolute Gasteiger partial charge is 0.131 e. The predicted octanol–water partition coefficient (Wildman–Crippen LogP) is 5.14. The van der Waals surface area contributed by atoms with Crippen LogP contribution in [0.5, 0.6) is 0 Å². The summed E-state index contributed by atoms with van der Waals surface area (Å²) in [6, 6.07) is 13.1. The first-order chi connectivity index (χ1) is 14.2. The number of benzene rings is 2. The Kier molecular flexibility index (Phi) is 6.78. The van der Waals surface area contributed by atoms with E-state index in [-0.39, 0.29) is 11.8 Å². The fourth-order valence-electron chi connectivity index (χ4n) is 4.41. The molecule has 2 aliphatic heterocycles. The third-order valence-corrected chi connectivity index (χ3v) is 6.08. The average molecular weight is 401 g/mol. The van der Waals surface area contributed by atoms with Gasteiger partial charge < -0.3 is 9.64 Å². The summed E-state index contributed by atoms with van der Waals surface area (Å²) in [4.78, 5) is 4.30. The standard InChI is InChI=1S/C24H30F2N2O/c25-22-16-20(27-12-6-7-13-27)17-23(26)21(22)11-15-28-14-5-4-10-24(28)29-18-19-8-2-1-3-9-19/h1-3,8-9,16-17,24H,4-7,10-15,18H2. The van der Waals surface area contributed by atoms with Gasteiger partial charge in [-0.15, -0.1) is 0 Å². The van der Waals surface area contributed by atoms with E-state index in [0.717, 1.165) is 57.3 Å². The van der Waals surface area contributed by atoms with E-state index in [1.807, 2.05) is 18.2 Å². The van der Waals surface area contributed by atoms with Crippen molar-refractivity contribution in [2.75, 3.05) is 31.1 Å². The van der Waals surface area contributed by atoms with E-state index in [0.29, 0.717) is 25.3 Å². The third kappa shape index (κ3) is 5.14. The molecule has 2 aromatic carbocycles. The molecule has 2 aliphatic rings. The van der Waals surface area contributed by atoms with Crippen molar-refractivity contribution in [3.63, 3.8) is 0 Å². The highest BCUT2D eigenvalue weighted by atomic mass is 19.1. The van der Waals surface area contributed by atoms with Crippen LogP contribution in [0.15, 0.2) is 42.5 Å². The first-order valence-corrected chi connectivity index (χ1v) is 10.8. The number of anilines is 1. The molecule has 0 saturated carbocycles. The zero-order valence-electron chi connectivity index (χ0n) is 17.0. The molecule has 2 saturated heterocycles. The topological polar surface area (TPSA) is 15.7 Å². The number of likely N-dealkylation sites (tertiary alicyclic amines) is 1. The van der Waals surface area contributed by atoms with Crippen LogP contribution in [0.4, 0.5) is 14.5 Å². The first-order valence-electron chi connectivity index (χ1n) is 10.8. The molecule has 0 aliphatic carbocycles. The molecule has 0 aromatic heterocycles. The Bertz CT molecular complexity index is 770. The van der Waals surface area contributed by atoms with E-state index in [2.05, 4.69) is 21.9 Å². The van der Waals surface area contributed by atoms with Crippen LogP contribution >= 0.6 is 0 Å². The monoisotopic (exact) mass is 400 g/mol. The summed E-state index contributed by atoms with van der Waals surface area (Å²) in [5.41, 5.74) is 2.01. The van der Waals surface area contributed by atoms with Crippen molar-refractivity contribution < 1.29 is 13.5 Å². The summed E-state index contributed by atoms with van der Waals surface area (Å²) >= 11 is 0. The lowest BCUT2D eigenvalue weighted by atomic mass is 10.1. The van der Waals surface area contributed by atoms with Crippen LogP contribution in [0.1, 0.15) is 43.2 Å². The molecular formula is C24H30F2N2O. The van der Waals surface area contributed by atoms with Crippen LogP contribution < -0.4 is 4.90 Å². The molecule has 5 heteroatoms. The van der Waals surface area contributed by atoms with Crippen LogP contribution in [0, 0.1) is 11.6 Å². The Balaban J connectivity index is 1.37. The Morgan fingerprint density at radius 3 is 2.31 bits per heavy atom. The molecule has 156 valence electrons. The Morgan fingerprint density at radius 1 is 0.897 bits per heavy atom. The fraction of sp³-hybridized carbons (Fsp3) is 0.500. The van der Waals surface area contributed by atoms with Crippen molar-refractivity contribution in [1.82, 2.24) is 4.90 Å². The number of ether oxygens (including phenoxy) is 1. The lowest BCUT2D eigenvalue weighted by Gasteiger charge is -2.35. The van der Waals surface area contributed by atoms with E-state index >= 15 is 0 Å². The fourth-order valence-corrected chi connectivity index (χ4v) is 4.41. The molecule has 4 rings (SSSR count). The van der Waals surface area contributed by atoms with E-state index in [1.165, 1.54) is 12.1 Å². The van der Waals surface area contributed by atoms with E-state index < -0.39 is 11.6 Å². The Hall–Kier alpha value is -1.98. The van der Waals surface area contributed by atoms with Gasteiger partial charge in [-0.3, -0.25) is 4.90 Å². The maximum atomic E-state index is 14.7. The molecule has 2 fully saturated rings. The zero-order valence-corrected chi connectivity index (χ0v) is 17.0. The maximum Gasteiger partial charge on any atom is 0.131 e. The predicted molar refractivity (Wildman–Crippen MR) is 112 cm³/mol. The van der Waals surface area contributed by atoms with Crippen molar-refractivity contribution in [3.05, 3.63) is 65.2 Å². The van der Waals surface area contributed by atoms with Crippen molar-refractivity contribution in [3.8, 4) is 0 Å². The van der Waals surface area contributed by atoms with Crippen LogP contribution in [-0.4, -0.2) is 37.3 Å². The molecule has 0 amide bonds. The van der Waals surface area contributed by atoms with Crippen LogP contribution in [-0.2, 0) is 17.8 Å². The minimum Gasteiger partial charge on any atom is -0.371 e. The molecule has 3 nitrogen and oxygen atoms in total. The normalized spacial score (nSPS) is 20.3. The average Bonchev–Trinajstić information content (AvgIpc) is 3.28. The third-order valence-electron chi connectivity index (χ3n) is 6.08. The number of hydrogen-bond acceptors (Lipinski definition) is 3. The molecule has 2 heterocycles. The van der Waals surface area contributed by atoms with Gasteiger partial charge in [0.05, 0.1) is 6.61 Å². The molecule has 1 atom stereocenters. The van der Waals surface area contributed by atoms with Gasteiger partial charge in [-0.1, -0.05) is 30.3 Å². The van der Waals surface area contributed by atoms with Crippen molar-refractivity contribution in [2.24, 2.45) is 0 Å². The van der Waals surface area contributed by atoms with Gasteiger partial charge in [-0.2, -0.15) is 0 Å². The lowest BCUT2D eigenvalue weighted by molar-refractivity contribution is -0.0876. The number of halogens is 2. The van der Waals surface area contributed by atoms with Gasteiger partial charge in [0.25, 0.3) is 0 Å². The second-order valence-electron chi connectivity index (χ2n) is 8.12. The van der Waals surface area contributed by atoms with E-state index in [4.69, 9.17) is 4.74 Å². The molecular weight excluding hydrogens is 370 g/mol. The summed E-state index contributed by atoms with van der Waals surface area (Å²) in [5, 5.41) is 0. The quantitative estimate of drug-likeness (QED) is 0.640. The molecule has 1 unspecified atom stereocenters. The first kappa shape index (κ1) is 20.3. The molecule has 0 radical (unpaired) electrons. The van der Waals surface area contributed by atoms with Gasteiger partial charge in [-0.05, 0) is 56.2 Å². The highest BCUT2D eigenvalue weighted by molar-refractivity contribution is 5.49. The van der Waals surface area contributed by atoms with Gasteiger partial charge in [-0.25, -0.2) is 8.78 Å². The summed E-state index contributed by atoms with van der Waals surface area (Å²) in [5.74, 6) is -0.851. The maximum absolute atomic E-state index is 14.7. The van der Waals surface area contributed by atoms with E-state index in [1.54, 1.807) is 0 Å². The minimum atomic E-state index is -0.425. The Morgan fingerprint density at radius 2 is 1.59 bits per heavy atom. The second kappa shape index (κ2) is 9.68. The van der Waals surface area contributed by atoms with Gasteiger partial charge in [0.15, 0.2) is 0 Å². The van der Waals surface area contributed by atoms with Crippen LogP contribution in [0.2, 0.25) is 0 Å². The molecule has 0 spiro atoms. The Labute approximate surface area is 172 Å². The largest absolute Gasteiger partial charge is 0.371 e. The highest BCUT2D eigenvalue weighted by Crippen LogP contribution is 2.26. The number of piperidine rings is 1. The van der Waals surface area contributed by atoms with Crippen molar-refractivity contribution in [2.45, 2.75) is 51.4 Å². The SMILES string of the molecule is Fc1cc(N2CCCC2)cc(F)c1CCN1CCCCC1OCc1ccccc1. The summed E-state index contributed by atoms with van der Waals surface area (Å²) < 4.78 is 35.5. The van der Waals surface area contributed by atoms with Gasteiger partial charge in [0.1, 0.15) is 17.9 Å². The van der Waals surface area contributed by atoms with Crippen LogP contribution in [0.3, 0.4) is 0 Å². The van der Waals surface area contributed by atoms with E-state index in [9.17, 15) is 8.78 Å². The summed E-state index contributed by atoms with van der Waals surface area (Å²) in [7, 11) is 0.